The third-order valence-corrected chi connectivity index (χ3v) is 4.79. The Bertz CT molecular complexity index is 962. The molecule has 0 saturated carbocycles. The van der Waals surface area contributed by atoms with Gasteiger partial charge >= 0.3 is 0 Å². The van der Waals surface area contributed by atoms with E-state index in [1.807, 2.05) is 39.8 Å². The number of nitrogens with zero attached hydrogens (tertiary/aromatic N) is 5. The van der Waals surface area contributed by atoms with Crippen molar-refractivity contribution in [1.29, 1.82) is 0 Å². The monoisotopic (exact) mass is 400 g/mol. The molecule has 1 fully saturated rings. The minimum absolute atomic E-state index is 0.151. The first-order valence-corrected chi connectivity index (χ1v) is 9.66. The van der Waals surface area contributed by atoms with E-state index < -0.39 is 0 Å². The Morgan fingerprint density at radius 2 is 2.04 bits per heavy atom. The number of aromatic nitrogens is 4. The number of ether oxygens (including phenoxy) is 1. The molecule has 8 nitrogen and oxygen atoms in total. The molecule has 1 amide bonds. The minimum atomic E-state index is 0.151. The number of likely N-dealkylation sites (tertiary alicyclic amines) is 1. The van der Waals surface area contributed by atoms with Crippen LogP contribution in [-0.4, -0.2) is 56.6 Å². The second-order valence-corrected chi connectivity index (χ2v) is 6.86. The Labute approximate surface area is 167 Å². The summed E-state index contributed by atoms with van der Waals surface area (Å²) in [5.74, 6) is 1.59. The van der Waals surface area contributed by atoms with Crippen molar-refractivity contribution in [2.45, 2.75) is 19.4 Å². The minimum Gasteiger partial charge on any atom is -0.492 e. The second-order valence-electron chi connectivity index (χ2n) is 6.52. The number of benzene rings is 1. The van der Waals surface area contributed by atoms with E-state index in [0.29, 0.717) is 49.6 Å². The molecule has 3 aromatic rings. The van der Waals surface area contributed by atoms with Gasteiger partial charge in [-0.05, 0) is 30.2 Å². The molecule has 1 saturated heterocycles. The van der Waals surface area contributed by atoms with E-state index in [0.717, 1.165) is 18.7 Å². The summed E-state index contributed by atoms with van der Waals surface area (Å²) < 4.78 is 7.58. The number of halogens is 1. The molecule has 0 radical (unpaired) electrons. The van der Waals surface area contributed by atoms with Crippen LogP contribution in [-0.2, 0) is 11.3 Å². The average molecular weight is 401 g/mol. The second kappa shape index (κ2) is 8.43. The lowest BCUT2D eigenvalue weighted by molar-refractivity contribution is -0.127. The third-order valence-electron chi connectivity index (χ3n) is 4.63. The number of imidazole rings is 1. The lowest BCUT2D eigenvalue weighted by atomic mass is 10.3. The molecule has 28 heavy (non-hydrogen) atoms. The van der Waals surface area contributed by atoms with Crippen LogP contribution in [0.25, 0.3) is 11.2 Å². The summed E-state index contributed by atoms with van der Waals surface area (Å²) in [5.41, 5.74) is 1.30. The van der Waals surface area contributed by atoms with Gasteiger partial charge in [-0.1, -0.05) is 18.2 Å². The van der Waals surface area contributed by atoms with Crippen molar-refractivity contribution < 1.29 is 9.53 Å². The number of rotatable bonds is 8. The molecular weight excluding hydrogens is 380 g/mol. The number of carbonyl (C=O) groups is 1. The lowest BCUT2D eigenvalue weighted by Gasteiger charge is -2.15. The first-order valence-electron chi connectivity index (χ1n) is 9.28. The van der Waals surface area contributed by atoms with Crippen LogP contribution in [0.15, 0.2) is 36.7 Å². The molecule has 3 heterocycles. The van der Waals surface area contributed by atoms with E-state index in [1.54, 1.807) is 6.33 Å². The summed E-state index contributed by atoms with van der Waals surface area (Å²) in [5, 5.41) is 3.37. The highest BCUT2D eigenvalue weighted by Gasteiger charge is 2.20. The number of carbonyl (C=O) groups excluding carboxylic acids is 1. The lowest BCUT2D eigenvalue weighted by Crippen LogP contribution is -2.28. The van der Waals surface area contributed by atoms with Gasteiger partial charge in [0.05, 0.1) is 12.9 Å². The van der Waals surface area contributed by atoms with Crippen molar-refractivity contribution in [1.82, 2.24) is 24.4 Å². The Morgan fingerprint density at radius 3 is 2.82 bits per heavy atom. The maximum absolute atomic E-state index is 11.8. The van der Waals surface area contributed by atoms with Crippen LogP contribution in [0.2, 0.25) is 5.28 Å². The molecule has 0 bridgehead atoms. The Kier molecular flexibility index (Phi) is 5.57. The Hall–Kier alpha value is -2.87. The average Bonchev–Trinajstić information content (AvgIpc) is 3.30. The summed E-state index contributed by atoms with van der Waals surface area (Å²) in [6.45, 7) is 3.10. The number of anilines is 1. The van der Waals surface area contributed by atoms with Crippen LogP contribution in [0.3, 0.4) is 0 Å². The first kappa shape index (κ1) is 18.5. The number of hydrogen-bond acceptors (Lipinski definition) is 6. The quantitative estimate of drug-likeness (QED) is 0.462. The van der Waals surface area contributed by atoms with Crippen molar-refractivity contribution >= 4 is 34.5 Å². The predicted octanol–water partition coefficient (Wildman–Crippen LogP) is 2.59. The normalized spacial score (nSPS) is 14.0. The molecule has 0 aliphatic carbocycles. The van der Waals surface area contributed by atoms with E-state index in [1.165, 1.54) is 0 Å². The summed E-state index contributed by atoms with van der Waals surface area (Å²) in [4.78, 5) is 26.7. The van der Waals surface area contributed by atoms with Crippen LogP contribution in [0.5, 0.6) is 5.75 Å². The van der Waals surface area contributed by atoms with E-state index in [2.05, 4.69) is 20.3 Å². The topological polar surface area (TPSA) is 85.2 Å². The highest BCUT2D eigenvalue weighted by atomic mass is 35.5. The van der Waals surface area contributed by atoms with Gasteiger partial charge in [-0.15, -0.1) is 0 Å². The van der Waals surface area contributed by atoms with E-state index in [9.17, 15) is 4.79 Å². The van der Waals surface area contributed by atoms with Crippen LogP contribution in [0, 0.1) is 0 Å². The van der Waals surface area contributed by atoms with Crippen molar-refractivity contribution in [2.24, 2.45) is 0 Å². The van der Waals surface area contributed by atoms with Crippen molar-refractivity contribution in [2.75, 3.05) is 31.6 Å². The molecule has 9 heteroatoms. The van der Waals surface area contributed by atoms with Gasteiger partial charge in [0.25, 0.3) is 0 Å². The van der Waals surface area contributed by atoms with Crippen LogP contribution >= 0.6 is 11.6 Å². The van der Waals surface area contributed by atoms with E-state index >= 15 is 0 Å². The fraction of sp³-hybridized carbons (Fsp3) is 0.368. The predicted molar refractivity (Wildman–Crippen MR) is 107 cm³/mol. The van der Waals surface area contributed by atoms with E-state index in [4.69, 9.17) is 16.3 Å². The largest absolute Gasteiger partial charge is 0.492 e. The highest BCUT2D eigenvalue weighted by molar-refractivity contribution is 6.28. The number of hydrogen-bond donors (Lipinski definition) is 1. The Morgan fingerprint density at radius 1 is 1.18 bits per heavy atom. The standard InChI is InChI=1S/C19H21ClN6O2/c20-19-23-17(21-8-12-28-14-5-2-1-3-6-14)16-18(24-19)26(13-22-16)11-10-25-9-4-7-15(25)27/h1-3,5-6,13H,4,7-12H2,(H,21,23,24). The maximum Gasteiger partial charge on any atom is 0.226 e. The van der Waals surface area contributed by atoms with Crippen LogP contribution < -0.4 is 10.1 Å². The zero-order valence-corrected chi connectivity index (χ0v) is 16.1. The van der Waals surface area contributed by atoms with Gasteiger partial charge in [-0.2, -0.15) is 9.97 Å². The molecule has 0 unspecified atom stereocenters. The molecule has 1 aliphatic rings. The molecule has 1 aliphatic heterocycles. The maximum atomic E-state index is 11.8. The van der Waals surface area contributed by atoms with Crippen molar-refractivity contribution in [3.63, 3.8) is 0 Å². The molecule has 4 rings (SSSR count). The molecule has 1 N–H and O–H groups in total. The zero-order chi connectivity index (χ0) is 19.3. The number of amides is 1. The third kappa shape index (κ3) is 4.17. The van der Waals surface area contributed by atoms with Gasteiger partial charge in [0.2, 0.25) is 11.2 Å². The number of fused-ring (bicyclic) bond motifs is 1. The Balaban J connectivity index is 1.41. The van der Waals surface area contributed by atoms with Crippen molar-refractivity contribution in [3.05, 3.63) is 41.9 Å². The number of para-hydroxylation sites is 1. The van der Waals surface area contributed by atoms with E-state index in [-0.39, 0.29) is 11.2 Å². The van der Waals surface area contributed by atoms with Gasteiger partial charge in [0, 0.05) is 26.1 Å². The zero-order valence-electron chi connectivity index (χ0n) is 15.3. The summed E-state index contributed by atoms with van der Waals surface area (Å²) in [6.07, 6.45) is 3.27. The molecule has 2 aromatic heterocycles. The van der Waals surface area contributed by atoms with Crippen molar-refractivity contribution in [3.8, 4) is 5.75 Å². The molecule has 0 atom stereocenters. The fourth-order valence-corrected chi connectivity index (χ4v) is 3.39. The summed E-state index contributed by atoms with van der Waals surface area (Å²) in [7, 11) is 0. The molecule has 0 spiro atoms. The summed E-state index contributed by atoms with van der Waals surface area (Å²) >= 11 is 6.11. The fourth-order valence-electron chi connectivity index (χ4n) is 3.23. The first-order chi connectivity index (χ1) is 13.7. The smallest absolute Gasteiger partial charge is 0.226 e. The van der Waals surface area contributed by atoms with Gasteiger partial charge in [0.1, 0.15) is 12.4 Å². The highest BCUT2D eigenvalue weighted by Crippen LogP contribution is 2.21. The van der Waals surface area contributed by atoms with Crippen LogP contribution in [0.4, 0.5) is 5.82 Å². The van der Waals surface area contributed by atoms with Gasteiger partial charge < -0.3 is 19.5 Å². The van der Waals surface area contributed by atoms with Gasteiger partial charge in [0.15, 0.2) is 17.0 Å². The number of nitrogens with one attached hydrogen (secondary N) is 1. The molecule has 1 aromatic carbocycles. The SMILES string of the molecule is O=C1CCCN1CCn1cnc2c(NCCOc3ccccc3)nc(Cl)nc21. The molecular formula is C19H21ClN6O2. The van der Waals surface area contributed by atoms with Gasteiger partial charge in [-0.3, -0.25) is 4.79 Å². The summed E-state index contributed by atoms with van der Waals surface area (Å²) in [6, 6.07) is 9.62. The van der Waals surface area contributed by atoms with Gasteiger partial charge in [-0.25, -0.2) is 4.98 Å². The van der Waals surface area contributed by atoms with Crippen LogP contribution in [0.1, 0.15) is 12.8 Å². The molecule has 146 valence electrons.